The molecular weight excluding hydrogens is 334 g/mol. The van der Waals surface area contributed by atoms with E-state index in [-0.39, 0.29) is 5.91 Å². The number of carbonyl (C=O) groups excluding carboxylic acids is 1. The Kier molecular flexibility index (Phi) is 6.64. The Morgan fingerprint density at radius 3 is 2.15 bits per heavy atom. The molecule has 0 spiro atoms. The van der Waals surface area contributed by atoms with E-state index in [1.54, 1.807) is 0 Å². The minimum atomic E-state index is 0.0209. The SMILES string of the molecule is CCc1ccc(CCC(=O)Nc2ccc(OCc3ccccc3)cc2)cc1. The summed E-state index contributed by atoms with van der Waals surface area (Å²) in [7, 11) is 0. The average Bonchev–Trinajstić information content (AvgIpc) is 2.73. The smallest absolute Gasteiger partial charge is 0.224 e. The largest absolute Gasteiger partial charge is 0.489 e. The molecule has 0 bridgehead atoms. The first kappa shape index (κ1) is 18.7. The van der Waals surface area contributed by atoms with E-state index in [0.29, 0.717) is 13.0 Å². The lowest BCUT2D eigenvalue weighted by atomic mass is 10.1. The fourth-order valence-corrected chi connectivity index (χ4v) is 2.80. The maximum absolute atomic E-state index is 12.2. The molecule has 3 aromatic rings. The van der Waals surface area contributed by atoms with Crippen molar-refractivity contribution in [2.75, 3.05) is 5.32 Å². The van der Waals surface area contributed by atoms with E-state index >= 15 is 0 Å². The lowest BCUT2D eigenvalue weighted by molar-refractivity contribution is -0.116. The number of carbonyl (C=O) groups is 1. The highest BCUT2D eigenvalue weighted by atomic mass is 16.5. The molecule has 0 aliphatic carbocycles. The third-order valence-electron chi connectivity index (χ3n) is 4.46. The van der Waals surface area contributed by atoms with Gasteiger partial charge in [0.05, 0.1) is 0 Å². The van der Waals surface area contributed by atoms with Crippen LogP contribution in [0.3, 0.4) is 0 Å². The standard InChI is InChI=1S/C24H25NO2/c1-2-19-8-10-20(11-9-19)12-17-24(26)25-22-13-15-23(16-14-22)27-18-21-6-4-3-5-7-21/h3-11,13-16H,2,12,17-18H2,1H3,(H,25,26). The van der Waals surface area contributed by atoms with E-state index in [1.807, 2.05) is 54.6 Å². The molecule has 1 amide bonds. The number of ether oxygens (including phenoxy) is 1. The number of aryl methyl sites for hydroxylation is 2. The number of benzene rings is 3. The van der Waals surface area contributed by atoms with Crippen molar-refractivity contribution in [3.8, 4) is 5.75 Å². The van der Waals surface area contributed by atoms with Crippen LogP contribution in [-0.4, -0.2) is 5.91 Å². The zero-order valence-electron chi connectivity index (χ0n) is 15.7. The lowest BCUT2D eigenvalue weighted by Crippen LogP contribution is -2.12. The molecule has 3 nitrogen and oxygen atoms in total. The first-order valence-electron chi connectivity index (χ1n) is 9.37. The van der Waals surface area contributed by atoms with Crippen molar-refractivity contribution >= 4 is 11.6 Å². The number of hydrogen-bond acceptors (Lipinski definition) is 2. The third kappa shape index (κ3) is 6.00. The number of nitrogens with one attached hydrogen (secondary N) is 1. The van der Waals surface area contributed by atoms with E-state index in [9.17, 15) is 4.79 Å². The molecule has 138 valence electrons. The van der Waals surface area contributed by atoms with Crippen LogP contribution in [0.25, 0.3) is 0 Å². The molecule has 27 heavy (non-hydrogen) atoms. The van der Waals surface area contributed by atoms with Gasteiger partial charge in [-0.3, -0.25) is 4.79 Å². The minimum absolute atomic E-state index is 0.0209. The van der Waals surface area contributed by atoms with Gasteiger partial charge in [0.25, 0.3) is 0 Å². The molecule has 0 fully saturated rings. The van der Waals surface area contributed by atoms with Gasteiger partial charge in [-0.05, 0) is 53.8 Å². The first-order valence-corrected chi connectivity index (χ1v) is 9.37. The molecule has 0 aromatic heterocycles. The molecule has 0 saturated heterocycles. The summed E-state index contributed by atoms with van der Waals surface area (Å²) in [5.41, 5.74) is 4.42. The lowest BCUT2D eigenvalue weighted by Gasteiger charge is -2.09. The Morgan fingerprint density at radius 1 is 0.815 bits per heavy atom. The van der Waals surface area contributed by atoms with Gasteiger partial charge >= 0.3 is 0 Å². The Morgan fingerprint density at radius 2 is 1.48 bits per heavy atom. The highest BCUT2D eigenvalue weighted by Gasteiger charge is 2.04. The average molecular weight is 359 g/mol. The Bertz CT molecular complexity index is 840. The van der Waals surface area contributed by atoms with Crippen molar-refractivity contribution < 1.29 is 9.53 Å². The summed E-state index contributed by atoms with van der Waals surface area (Å²) in [6.07, 6.45) is 2.25. The Hall–Kier alpha value is -3.07. The first-order chi connectivity index (χ1) is 13.2. The fraction of sp³-hybridized carbons (Fsp3) is 0.208. The molecule has 0 aliphatic heterocycles. The summed E-state index contributed by atoms with van der Waals surface area (Å²) in [5.74, 6) is 0.806. The van der Waals surface area contributed by atoms with Gasteiger partial charge in [0.1, 0.15) is 12.4 Å². The number of hydrogen-bond donors (Lipinski definition) is 1. The van der Waals surface area contributed by atoms with Gasteiger partial charge in [-0.25, -0.2) is 0 Å². The Labute approximate surface area is 161 Å². The molecule has 0 aliphatic rings. The van der Waals surface area contributed by atoms with Crippen LogP contribution >= 0.6 is 0 Å². The van der Waals surface area contributed by atoms with Gasteiger partial charge in [0.2, 0.25) is 5.91 Å². The normalized spacial score (nSPS) is 10.4. The third-order valence-corrected chi connectivity index (χ3v) is 4.46. The molecule has 0 saturated carbocycles. The maximum Gasteiger partial charge on any atom is 0.224 e. The molecule has 3 rings (SSSR count). The van der Waals surface area contributed by atoms with E-state index in [4.69, 9.17) is 4.74 Å². The molecule has 0 unspecified atom stereocenters. The van der Waals surface area contributed by atoms with Gasteiger partial charge < -0.3 is 10.1 Å². The maximum atomic E-state index is 12.2. The molecule has 3 aromatic carbocycles. The van der Waals surface area contributed by atoms with Crippen molar-refractivity contribution in [3.63, 3.8) is 0 Å². The van der Waals surface area contributed by atoms with Crippen LogP contribution in [0.2, 0.25) is 0 Å². The summed E-state index contributed by atoms with van der Waals surface area (Å²) in [5, 5.41) is 2.94. The van der Waals surface area contributed by atoms with Crippen molar-refractivity contribution in [1.29, 1.82) is 0 Å². The quantitative estimate of drug-likeness (QED) is 0.585. The summed E-state index contributed by atoms with van der Waals surface area (Å²) in [6, 6.07) is 26.0. The van der Waals surface area contributed by atoms with E-state index in [1.165, 1.54) is 11.1 Å². The molecular formula is C24H25NO2. The van der Waals surface area contributed by atoms with Crippen LogP contribution < -0.4 is 10.1 Å². The highest BCUT2D eigenvalue weighted by Crippen LogP contribution is 2.17. The van der Waals surface area contributed by atoms with Gasteiger partial charge in [0.15, 0.2) is 0 Å². The minimum Gasteiger partial charge on any atom is -0.489 e. The fourth-order valence-electron chi connectivity index (χ4n) is 2.80. The van der Waals surface area contributed by atoms with Crippen LogP contribution in [0.5, 0.6) is 5.75 Å². The topological polar surface area (TPSA) is 38.3 Å². The second-order valence-electron chi connectivity index (χ2n) is 6.52. The Balaban J connectivity index is 1.45. The molecule has 3 heteroatoms. The second kappa shape index (κ2) is 9.58. The predicted molar refractivity (Wildman–Crippen MR) is 110 cm³/mol. The van der Waals surface area contributed by atoms with Crippen LogP contribution in [-0.2, 0) is 24.2 Å². The van der Waals surface area contributed by atoms with E-state index < -0.39 is 0 Å². The highest BCUT2D eigenvalue weighted by molar-refractivity contribution is 5.90. The van der Waals surface area contributed by atoms with Crippen molar-refractivity contribution in [2.24, 2.45) is 0 Å². The van der Waals surface area contributed by atoms with E-state index in [2.05, 4.69) is 36.5 Å². The monoisotopic (exact) mass is 359 g/mol. The van der Waals surface area contributed by atoms with Crippen molar-refractivity contribution in [2.45, 2.75) is 32.8 Å². The second-order valence-corrected chi connectivity index (χ2v) is 6.52. The summed E-state index contributed by atoms with van der Waals surface area (Å²) in [6.45, 7) is 2.67. The van der Waals surface area contributed by atoms with Crippen molar-refractivity contribution in [1.82, 2.24) is 0 Å². The van der Waals surface area contributed by atoms with Gasteiger partial charge in [0, 0.05) is 12.1 Å². The molecule has 0 atom stereocenters. The van der Waals surface area contributed by atoms with Gasteiger partial charge in [-0.2, -0.15) is 0 Å². The zero-order valence-corrected chi connectivity index (χ0v) is 15.7. The zero-order chi connectivity index (χ0) is 18.9. The van der Waals surface area contributed by atoms with Gasteiger partial charge in [-0.1, -0.05) is 61.5 Å². The van der Waals surface area contributed by atoms with E-state index in [0.717, 1.165) is 29.8 Å². The number of rotatable bonds is 8. The molecule has 1 N–H and O–H groups in total. The predicted octanol–water partition coefficient (Wildman–Crippen LogP) is 5.40. The van der Waals surface area contributed by atoms with Crippen LogP contribution in [0, 0.1) is 0 Å². The molecule has 0 heterocycles. The van der Waals surface area contributed by atoms with Crippen LogP contribution in [0.1, 0.15) is 30.0 Å². The number of amides is 1. The van der Waals surface area contributed by atoms with Crippen molar-refractivity contribution in [3.05, 3.63) is 95.6 Å². The molecule has 0 radical (unpaired) electrons. The summed E-state index contributed by atoms with van der Waals surface area (Å²) in [4.78, 5) is 12.2. The number of anilines is 1. The summed E-state index contributed by atoms with van der Waals surface area (Å²) >= 11 is 0. The summed E-state index contributed by atoms with van der Waals surface area (Å²) < 4.78 is 5.76. The van der Waals surface area contributed by atoms with Crippen LogP contribution in [0.15, 0.2) is 78.9 Å². The van der Waals surface area contributed by atoms with Crippen LogP contribution in [0.4, 0.5) is 5.69 Å². The van der Waals surface area contributed by atoms with Gasteiger partial charge in [-0.15, -0.1) is 0 Å².